The van der Waals surface area contributed by atoms with Gasteiger partial charge in [-0.3, -0.25) is 0 Å². The van der Waals surface area contributed by atoms with Gasteiger partial charge in [-0.15, -0.1) is 0 Å². The molecule has 1 aliphatic carbocycles. The van der Waals surface area contributed by atoms with E-state index in [2.05, 4.69) is 4.72 Å². The largest absolute Gasteiger partial charge is 0.492 e. The van der Waals surface area contributed by atoms with Crippen LogP contribution in [0.3, 0.4) is 0 Å². The van der Waals surface area contributed by atoms with Crippen molar-refractivity contribution < 1.29 is 13.2 Å². The number of hydrogen-bond donors (Lipinski definition) is 2. The molecule has 116 valence electrons. The normalized spacial score (nSPS) is 19.7. The number of nitrogen functional groups attached to an aromatic ring is 1. The van der Waals surface area contributed by atoms with Gasteiger partial charge in [-0.2, -0.15) is 0 Å². The van der Waals surface area contributed by atoms with Gasteiger partial charge >= 0.3 is 0 Å². The molecule has 0 radical (unpaired) electrons. The minimum atomic E-state index is -3.60. The summed E-state index contributed by atoms with van der Waals surface area (Å²) in [6.07, 6.45) is 5.01. The monoisotopic (exact) mass is 310 g/mol. The van der Waals surface area contributed by atoms with Gasteiger partial charge in [0.25, 0.3) is 0 Å². The van der Waals surface area contributed by atoms with Gasteiger partial charge in [0.1, 0.15) is 10.6 Å². The Morgan fingerprint density at radius 3 is 2.90 bits per heavy atom. The van der Waals surface area contributed by atoms with E-state index in [1.807, 2.05) is 6.92 Å². The average molecular weight is 310 g/mol. The van der Waals surface area contributed by atoms with Gasteiger partial charge in [0, 0.05) is 11.7 Å². The first-order chi connectivity index (χ1) is 9.95. The number of aryl methyl sites for hydroxylation is 1. The number of nitrogens with two attached hydrogens (primary N) is 1. The summed E-state index contributed by atoms with van der Waals surface area (Å²) in [5.74, 6) is 1.15. The molecular weight excluding hydrogens is 288 g/mol. The molecular formula is C15H22N2O3S. The second kappa shape index (κ2) is 5.50. The number of hydrogen-bond acceptors (Lipinski definition) is 4. The molecule has 0 amide bonds. The zero-order valence-corrected chi connectivity index (χ0v) is 13.1. The van der Waals surface area contributed by atoms with Crippen LogP contribution in [-0.2, 0) is 16.4 Å². The summed E-state index contributed by atoms with van der Waals surface area (Å²) in [6.45, 7) is 2.46. The fourth-order valence-electron chi connectivity index (χ4n) is 2.90. The molecule has 1 atom stereocenters. The van der Waals surface area contributed by atoms with Crippen LogP contribution in [0.25, 0.3) is 0 Å². The fourth-order valence-corrected chi connectivity index (χ4v) is 4.38. The van der Waals surface area contributed by atoms with E-state index in [0.717, 1.165) is 24.8 Å². The zero-order valence-electron chi connectivity index (χ0n) is 12.3. The Hall–Kier alpha value is -1.27. The van der Waals surface area contributed by atoms with Crippen LogP contribution >= 0.6 is 0 Å². The van der Waals surface area contributed by atoms with Crippen LogP contribution in [0.1, 0.15) is 38.2 Å². The topological polar surface area (TPSA) is 81.4 Å². The van der Waals surface area contributed by atoms with E-state index in [-0.39, 0.29) is 10.9 Å². The average Bonchev–Trinajstić information content (AvgIpc) is 3.20. The minimum Gasteiger partial charge on any atom is -0.492 e. The molecule has 0 saturated heterocycles. The first-order valence-electron chi connectivity index (χ1n) is 7.53. The molecule has 6 heteroatoms. The van der Waals surface area contributed by atoms with Crippen LogP contribution in [0.2, 0.25) is 0 Å². The fraction of sp³-hybridized carbons (Fsp3) is 0.600. The van der Waals surface area contributed by atoms with E-state index in [4.69, 9.17) is 10.5 Å². The van der Waals surface area contributed by atoms with Crippen molar-refractivity contribution in [2.75, 3.05) is 12.3 Å². The molecule has 3 rings (SSSR count). The smallest absolute Gasteiger partial charge is 0.244 e. The Labute approximate surface area is 125 Å². The second-order valence-electron chi connectivity index (χ2n) is 6.16. The van der Waals surface area contributed by atoms with Crippen LogP contribution in [0.15, 0.2) is 17.0 Å². The van der Waals surface area contributed by atoms with Gasteiger partial charge in [0.2, 0.25) is 10.0 Å². The van der Waals surface area contributed by atoms with Crippen LogP contribution in [0.4, 0.5) is 5.69 Å². The van der Waals surface area contributed by atoms with Crippen molar-refractivity contribution in [1.82, 2.24) is 4.72 Å². The highest BCUT2D eigenvalue weighted by Gasteiger charge is 2.29. The number of ether oxygens (including phenoxy) is 1. The van der Waals surface area contributed by atoms with E-state index in [0.29, 0.717) is 24.0 Å². The third-order valence-electron chi connectivity index (χ3n) is 4.02. The molecule has 2 aliphatic rings. The van der Waals surface area contributed by atoms with Gasteiger partial charge in [0.15, 0.2) is 0 Å². The molecule has 5 nitrogen and oxygen atoms in total. The number of fused-ring (bicyclic) bond motifs is 1. The Morgan fingerprint density at radius 2 is 2.19 bits per heavy atom. The van der Waals surface area contributed by atoms with Gasteiger partial charge in [-0.05, 0) is 49.8 Å². The van der Waals surface area contributed by atoms with Crippen molar-refractivity contribution >= 4 is 15.7 Å². The third-order valence-corrected chi connectivity index (χ3v) is 5.62. The van der Waals surface area contributed by atoms with Gasteiger partial charge in [-0.1, -0.05) is 12.8 Å². The number of sulfonamides is 1. The molecule has 1 aromatic rings. The van der Waals surface area contributed by atoms with Crippen LogP contribution in [0.5, 0.6) is 5.75 Å². The van der Waals surface area contributed by atoms with Crippen LogP contribution < -0.4 is 15.2 Å². The number of rotatable bonds is 5. The highest BCUT2D eigenvalue weighted by molar-refractivity contribution is 7.89. The maximum atomic E-state index is 12.6. The van der Waals surface area contributed by atoms with Crippen LogP contribution in [0, 0.1) is 5.92 Å². The Morgan fingerprint density at radius 1 is 1.43 bits per heavy atom. The molecule has 1 saturated carbocycles. The molecule has 1 heterocycles. The van der Waals surface area contributed by atoms with E-state index in [1.54, 1.807) is 6.07 Å². The maximum absolute atomic E-state index is 12.6. The lowest BCUT2D eigenvalue weighted by Gasteiger charge is -2.22. The highest BCUT2D eigenvalue weighted by Crippen LogP contribution is 2.36. The molecule has 1 unspecified atom stereocenters. The maximum Gasteiger partial charge on any atom is 0.244 e. The predicted octanol–water partition coefficient (Wildman–Crippen LogP) is 2.06. The SMILES string of the molecule is CC(CC1CC1)NS(=O)(=O)c1cc(N)cc2c1OCCC2. The Balaban J connectivity index is 1.88. The van der Waals surface area contributed by atoms with Crippen molar-refractivity contribution in [3.63, 3.8) is 0 Å². The third kappa shape index (κ3) is 3.32. The van der Waals surface area contributed by atoms with Crippen molar-refractivity contribution in [3.8, 4) is 5.75 Å². The molecule has 3 N–H and O–H groups in total. The number of benzene rings is 1. The summed E-state index contributed by atoms with van der Waals surface area (Å²) >= 11 is 0. The van der Waals surface area contributed by atoms with Crippen molar-refractivity contribution in [2.45, 2.75) is 50.0 Å². The zero-order chi connectivity index (χ0) is 15.0. The lowest BCUT2D eigenvalue weighted by Crippen LogP contribution is -2.33. The van der Waals surface area contributed by atoms with Crippen molar-refractivity contribution in [2.24, 2.45) is 5.92 Å². The van der Waals surface area contributed by atoms with Crippen LogP contribution in [-0.4, -0.2) is 21.1 Å². The first kappa shape index (κ1) is 14.7. The van der Waals surface area contributed by atoms with Gasteiger partial charge in [0.05, 0.1) is 6.61 Å². The first-order valence-corrected chi connectivity index (χ1v) is 9.01. The number of anilines is 1. The second-order valence-corrected chi connectivity index (χ2v) is 7.84. The molecule has 1 aromatic carbocycles. The molecule has 1 fully saturated rings. The lowest BCUT2D eigenvalue weighted by atomic mass is 10.1. The van der Waals surface area contributed by atoms with Gasteiger partial charge < -0.3 is 10.5 Å². The Bertz CT molecular complexity index is 639. The lowest BCUT2D eigenvalue weighted by molar-refractivity contribution is 0.280. The van der Waals surface area contributed by atoms with E-state index >= 15 is 0 Å². The van der Waals surface area contributed by atoms with Gasteiger partial charge in [-0.25, -0.2) is 13.1 Å². The summed E-state index contributed by atoms with van der Waals surface area (Å²) in [5.41, 5.74) is 7.21. The van der Waals surface area contributed by atoms with E-state index in [9.17, 15) is 8.42 Å². The minimum absolute atomic E-state index is 0.0665. The summed E-state index contributed by atoms with van der Waals surface area (Å²) in [5, 5.41) is 0. The summed E-state index contributed by atoms with van der Waals surface area (Å²) in [6, 6.07) is 3.24. The van der Waals surface area contributed by atoms with Crippen molar-refractivity contribution in [3.05, 3.63) is 17.7 Å². The summed E-state index contributed by atoms with van der Waals surface area (Å²) in [4.78, 5) is 0.180. The van der Waals surface area contributed by atoms with E-state index in [1.165, 1.54) is 18.9 Å². The van der Waals surface area contributed by atoms with Crippen molar-refractivity contribution in [1.29, 1.82) is 0 Å². The summed E-state index contributed by atoms with van der Waals surface area (Å²) in [7, 11) is -3.60. The van der Waals surface area contributed by atoms with E-state index < -0.39 is 10.0 Å². The number of nitrogens with one attached hydrogen (secondary N) is 1. The highest BCUT2D eigenvalue weighted by atomic mass is 32.2. The molecule has 0 aromatic heterocycles. The molecule has 0 spiro atoms. The summed E-state index contributed by atoms with van der Waals surface area (Å²) < 4.78 is 33.6. The molecule has 1 aliphatic heterocycles. The molecule has 0 bridgehead atoms. The Kier molecular flexibility index (Phi) is 3.84. The molecule has 21 heavy (non-hydrogen) atoms. The predicted molar refractivity (Wildman–Crippen MR) is 81.8 cm³/mol. The standard InChI is InChI=1S/C15H22N2O3S/c1-10(7-11-4-5-11)17-21(18,19)14-9-13(16)8-12-3-2-6-20-15(12)14/h8-11,17H,2-7,16H2,1H3. The quantitative estimate of drug-likeness (QED) is 0.816.